The van der Waals surface area contributed by atoms with Crippen molar-refractivity contribution < 1.29 is 22.7 Å². The number of Topliss-reactive ketones (excluding diaryl/α,β-unsaturated/α-hetero) is 1. The number of ether oxygens (including phenoxy) is 1. The van der Waals surface area contributed by atoms with E-state index in [-0.39, 0.29) is 30.1 Å². The Hall–Kier alpha value is -2.56. The quantitative estimate of drug-likeness (QED) is 0.313. The van der Waals surface area contributed by atoms with Gasteiger partial charge in [-0.15, -0.1) is 11.3 Å². The van der Waals surface area contributed by atoms with E-state index in [1.165, 1.54) is 20.2 Å². The summed E-state index contributed by atoms with van der Waals surface area (Å²) in [5.41, 5.74) is 1.97. The molecule has 10 heteroatoms. The first-order chi connectivity index (χ1) is 15.5. The molecular formula is C23H29N3O5S2. The molecule has 2 heterocycles. The number of aromatic nitrogens is 2. The van der Waals surface area contributed by atoms with Crippen molar-refractivity contribution in [2.75, 3.05) is 14.1 Å². The first kappa shape index (κ1) is 25.1. The number of rotatable bonds is 10. The van der Waals surface area contributed by atoms with Crippen molar-refractivity contribution in [3.63, 3.8) is 0 Å². The molecule has 0 aliphatic carbocycles. The number of fused-ring (bicyclic) bond motifs is 1. The normalized spacial score (nSPS) is 11.9. The smallest absolute Gasteiger partial charge is 0.306 e. The Bertz CT molecular complexity index is 1290. The Labute approximate surface area is 198 Å². The maximum atomic E-state index is 12.5. The lowest BCUT2D eigenvalue weighted by Gasteiger charge is -2.11. The molecule has 0 N–H and O–H groups in total. The predicted molar refractivity (Wildman–Crippen MR) is 128 cm³/mol. The van der Waals surface area contributed by atoms with Crippen molar-refractivity contribution in [3.05, 3.63) is 45.4 Å². The summed E-state index contributed by atoms with van der Waals surface area (Å²) in [6.45, 7) is 6.47. The van der Waals surface area contributed by atoms with E-state index in [0.717, 1.165) is 26.0 Å². The van der Waals surface area contributed by atoms with Gasteiger partial charge in [0.1, 0.15) is 12.4 Å². The summed E-state index contributed by atoms with van der Waals surface area (Å²) in [6, 6.07) is 6.67. The number of sulfonamides is 1. The van der Waals surface area contributed by atoms with Crippen LogP contribution in [0.15, 0.2) is 29.2 Å². The van der Waals surface area contributed by atoms with Crippen LogP contribution in [0.5, 0.6) is 0 Å². The van der Waals surface area contributed by atoms with E-state index < -0.39 is 16.0 Å². The number of carbonyl (C=O) groups is 2. The van der Waals surface area contributed by atoms with Gasteiger partial charge in [-0.25, -0.2) is 17.7 Å². The molecule has 0 unspecified atom stereocenters. The first-order valence-electron chi connectivity index (χ1n) is 10.7. The van der Waals surface area contributed by atoms with E-state index in [0.29, 0.717) is 23.4 Å². The number of imidazole rings is 1. The molecule has 3 rings (SSSR count). The molecule has 1 aromatic carbocycles. The topological polar surface area (TPSA) is 98.6 Å². The highest BCUT2D eigenvalue weighted by atomic mass is 32.2. The lowest BCUT2D eigenvalue weighted by molar-refractivity contribution is -0.145. The third-order valence-corrected chi connectivity index (χ3v) is 8.06. The molecule has 2 aromatic heterocycles. The van der Waals surface area contributed by atoms with Crippen molar-refractivity contribution in [1.29, 1.82) is 0 Å². The van der Waals surface area contributed by atoms with Crippen LogP contribution >= 0.6 is 11.3 Å². The van der Waals surface area contributed by atoms with Gasteiger partial charge in [0.2, 0.25) is 10.0 Å². The summed E-state index contributed by atoms with van der Waals surface area (Å²) in [5.74, 6) is -0.00387. The molecule has 0 radical (unpaired) electrons. The molecule has 0 fully saturated rings. The van der Waals surface area contributed by atoms with Crippen LogP contribution in [-0.4, -0.2) is 48.1 Å². The average Bonchev–Trinajstić information content (AvgIpc) is 3.28. The summed E-state index contributed by atoms with van der Waals surface area (Å²) in [4.78, 5) is 31.4. The van der Waals surface area contributed by atoms with E-state index >= 15 is 0 Å². The molecule has 0 atom stereocenters. The third-order valence-electron chi connectivity index (χ3n) is 5.28. The highest BCUT2D eigenvalue weighted by Gasteiger charge is 2.20. The summed E-state index contributed by atoms with van der Waals surface area (Å²) in [6.07, 6.45) is 0.914. The molecule has 178 valence electrons. The summed E-state index contributed by atoms with van der Waals surface area (Å²) in [5, 5.41) is 0. The highest BCUT2D eigenvalue weighted by Crippen LogP contribution is 2.24. The van der Waals surface area contributed by atoms with Gasteiger partial charge in [0.05, 0.1) is 22.3 Å². The van der Waals surface area contributed by atoms with Gasteiger partial charge in [0, 0.05) is 42.4 Å². The van der Waals surface area contributed by atoms with E-state index in [9.17, 15) is 18.0 Å². The molecule has 33 heavy (non-hydrogen) atoms. The van der Waals surface area contributed by atoms with E-state index in [4.69, 9.17) is 4.74 Å². The molecule has 0 saturated heterocycles. The number of hydrogen-bond donors (Lipinski definition) is 0. The van der Waals surface area contributed by atoms with Crippen LogP contribution in [-0.2, 0) is 32.7 Å². The number of hydrogen-bond acceptors (Lipinski definition) is 7. The Kier molecular flexibility index (Phi) is 7.71. The summed E-state index contributed by atoms with van der Waals surface area (Å²) < 4.78 is 33.4. The number of ketones is 1. The van der Waals surface area contributed by atoms with E-state index in [1.807, 2.05) is 31.4 Å². The number of nitrogens with zero attached hydrogens (tertiary/aromatic N) is 3. The van der Waals surface area contributed by atoms with Crippen LogP contribution in [0, 0.1) is 13.8 Å². The lowest BCUT2D eigenvalue weighted by Crippen LogP contribution is -2.22. The Morgan fingerprint density at radius 1 is 1.15 bits per heavy atom. The van der Waals surface area contributed by atoms with Crippen LogP contribution in [0.4, 0.5) is 0 Å². The van der Waals surface area contributed by atoms with Crippen molar-refractivity contribution >= 4 is 44.1 Å². The van der Waals surface area contributed by atoms with Gasteiger partial charge in [-0.05, 0) is 44.5 Å². The minimum Gasteiger partial charge on any atom is -0.457 e. The zero-order chi connectivity index (χ0) is 24.3. The summed E-state index contributed by atoms with van der Waals surface area (Å²) >= 11 is 1.56. The van der Waals surface area contributed by atoms with Gasteiger partial charge in [-0.3, -0.25) is 9.59 Å². The number of thiophene rings is 1. The minimum atomic E-state index is -3.58. The monoisotopic (exact) mass is 491 g/mol. The van der Waals surface area contributed by atoms with Gasteiger partial charge in [0.15, 0.2) is 5.78 Å². The number of aryl methyl sites for hydroxylation is 3. The van der Waals surface area contributed by atoms with Crippen LogP contribution in [0.3, 0.4) is 0 Å². The van der Waals surface area contributed by atoms with Crippen LogP contribution < -0.4 is 0 Å². The fraction of sp³-hybridized carbons (Fsp3) is 0.435. The molecule has 0 aliphatic rings. The fourth-order valence-corrected chi connectivity index (χ4v) is 5.45. The largest absolute Gasteiger partial charge is 0.457 e. The zero-order valence-electron chi connectivity index (χ0n) is 19.5. The standard InChI is InChI=1S/C23H29N3O5S2/c1-6-11-26-20-8-7-17(33(29,30)25(4)5)13-19(20)24-22(26)14-31-23(28)10-9-21(27)18-12-15(2)32-16(18)3/h7-8,12-13H,6,9-11,14H2,1-5H3. The van der Waals surface area contributed by atoms with E-state index in [1.54, 1.807) is 23.5 Å². The molecule has 3 aromatic rings. The second-order valence-electron chi connectivity index (χ2n) is 8.03. The average molecular weight is 492 g/mol. The van der Waals surface area contributed by atoms with E-state index in [2.05, 4.69) is 4.98 Å². The Morgan fingerprint density at radius 2 is 1.88 bits per heavy atom. The fourth-order valence-electron chi connectivity index (χ4n) is 3.59. The zero-order valence-corrected chi connectivity index (χ0v) is 21.2. The first-order valence-corrected chi connectivity index (χ1v) is 13.0. The molecule has 8 nitrogen and oxygen atoms in total. The number of benzene rings is 1. The predicted octanol–water partition coefficient (Wildman–Crippen LogP) is 4.08. The SMILES string of the molecule is CCCn1c(COC(=O)CCC(=O)c2cc(C)sc2C)nc2cc(S(=O)(=O)N(C)C)ccc21. The van der Waals surface area contributed by atoms with Crippen LogP contribution in [0.1, 0.15) is 52.1 Å². The second kappa shape index (κ2) is 10.1. The molecule has 0 bridgehead atoms. The molecular weight excluding hydrogens is 462 g/mol. The lowest BCUT2D eigenvalue weighted by atomic mass is 10.1. The van der Waals surface area contributed by atoms with Crippen molar-refractivity contribution in [1.82, 2.24) is 13.9 Å². The highest BCUT2D eigenvalue weighted by molar-refractivity contribution is 7.89. The van der Waals surface area contributed by atoms with Crippen molar-refractivity contribution in [2.24, 2.45) is 0 Å². The second-order valence-corrected chi connectivity index (χ2v) is 11.6. The molecule has 0 spiro atoms. The van der Waals surface area contributed by atoms with Gasteiger partial charge < -0.3 is 9.30 Å². The van der Waals surface area contributed by atoms with Crippen molar-refractivity contribution in [3.8, 4) is 0 Å². The molecule has 0 saturated carbocycles. The maximum absolute atomic E-state index is 12.5. The van der Waals surface area contributed by atoms with Gasteiger partial charge in [-0.1, -0.05) is 6.92 Å². The maximum Gasteiger partial charge on any atom is 0.306 e. The summed E-state index contributed by atoms with van der Waals surface area (Å²) in [7, 11) is -0.627. The minimum absolute atomic E-state index is 0.00754. The van der Waals surface area contributed by atoms with Crippen molar-refractivity contribution in [2.45, 2.75) is 58.1 Å². The Balaban J connectivity index is 1.72. The molecule has 0 amide bonds. The number of esters is 1. The van der Waals surface area contributed by atoms with Gasteiger partial charge in [0.25, 0.3) is 0 Å². The van der Waals surface area contributed by atoms with Gasteiger partial charge in [-0.2, -0.15) is 0 Å². The van der Waals surface area contributed by atoms with Crippen LogP contribution in [0.2, 0.25) is 0 Å². The van der Waals surface area contributed by atoms with Gasteiger partial charge >= 0.3 is 5.97 Å². The third kappa shape index (κ3) is 5.51. The van der Waals surface area contributed by atoms with Crippen LogP contribution in [0.25, 0.3) is 11.0 Å². The number of carbonyl (C=O) groups excluding carboxylic acids is 2. The Morgan fingerprint density at radius 3 is 2.48 bits per heavy atom. The molecule has 0 aliphatic heterocycles.